The Bertz CT molecular complexity index is 1560. The van der Waals surface area contributed by atoms with E-state index in [9.17, 15) is 14.4 Å². The molecule has 39 heavy (non-hydrogen) atoms. The van der Waals surface area contributed by atoms with Crippen LogP contribution in [0.1, 0.15) is 57.5 Å². The molecule has 8 heteroatoms. The maximum Gasteiger partial charge on any atom is 0.262 e. The molecule has 1 fully saturated rings. The first kappa shape index (κ1) is 26.7. The summed E-state index contributed by atoms with van der Waals surface area (Å²) in [5.41, 5.74) is 3.36. The van der Waals surface area contributed by atoms with Crippen molar-refractivity contribution < 1.29 is 14.3 Å². The van der Waals surface area contributed by atoms with Crippen LogP contribution in [0.3, 0.4) is 0 Å². The monoisotopic (exact) mass is 541 g/mol. The van der Waals surface area contributed by atoms with Gasteiger partial charge in [0.05, 0.1) is 30.3 Å². The number of ketones is 1. The summed E-state index contributed by atoms with van der Waals surface area (Å²) < 4.78 is 6.79. The zero-order chi connectivity index (χ0) is 27.4. The highest BCUT2D eigenvalue weighted by molar-refractivity contribution is 7.99. The Balaban J connectivity index is 1.47. The summed E-state index contributed by atoms with van der Waals surface area (Å²) in [4.78, 5) is 44.3. The maximum atomic E-state index is 13.7. The molecule has 1 saturated carbocycles. The van der Waals surface area contributed by atoms with Gasteiger partial charge in [0.15, 0.2) is 10.9 Å². The fourth-order valence-electron chi connectivity index (χ4n) is 4.80. The number of ether oxygens (including phenoxy) is 1. The number of hydrogen-bond acceptors (Lipinski definition) is 6. The van der Waals surface area contributed by atoms with Gasteiger partial charge in [-0.05, 0) is 67.8 Å². The molecule has 4 aromatic rings. The molecule has 200 valence electrons. The summed E-state index contributed by atoms with van der Waals surface area (Å²) in [6, 6.07) is 20.2. The molecule has 0 unspecified atom stereocenters. The number of thioether (sulfide) groups is 1. The van der Waals surface area contributed by atoms with Gasteiger partial charge >= 0.3 is 0 Å². The van der Waals surface area contributed by atoms with Crippen molar-refractivity contribution in [3.63, 3.8) is 0 Å². The first-order valence-corrected chi connectivity index (χ1v) is 14.1. The number of aromatic nitrogens is 2. The van der Waals surface area contributed by atoms with Crippen LogP contribution in [0.2, 0.25) is 0 Å². The van der Waals surface area contributed by atoms with Gasteiger partial charge in [0.2, 0.25) is 0 Å². The molecule has 0 atom stereocenters. The quantitative estimate of drug-likeness (QED) is 0.173. The van der Waals surface area contributed by atoms with Gasteiger partial charge < -0.3 is 10.1 Å². The van der Waals surface area contributed by atoms with Crippen LogP contribution in [0.25, 0.3) is 10.9 Å². The largest absolute Gasteiger partial charge is 0.497 e. The second kappa shape index (κ2) is 11.9. The fraction of sp³-hybridized carbons (Fsp3) is 0.290. The second-order valence-corrected chi connectivity index (χ2v) is 10.8. The van der Waals surface area contributed by atoms with Crippen molar-refractivity contribution in [3.8, 4) is 5.75 Å². The Labute approximate surface area is 231 Å². The molecule has 1 aliphatic rings. The summed E-state index contributed by atoms with van der Waals surface area (Å²) in [5.74, 6) is 0.553. The highest BCUT2D eigenvalue weighted by atomic mass is 32.2. The van der Waals surface area contributed by atoms with E-state index in [0.717, 1.165) is 36.8 Å². The SMILES string of the molecule is COc1ccc(C(=O)CSc2nc3cc(C(=O)NC4CCCC4)ccc3c(=O)n2Cc2ccc(C)cc2)cc1. The molecular weight excluding hydrogens is 510 g/mol. The van der Waals surface area contributed by atoms with Crippen molar-refractivity contribution in [3.05, 3.63) is 99.3 Å². The average molecular weight is 542 g/mol. The van der Waals surface area contributed by atoms with Crippen molar-refractivity contribution in [1.29, 1.82) is 0 Å². The second-order valence-electron chi connectivity index (χ2n) is 9.90. The van der Waals surface area contributed by atoms with Gasteiger partial charge in [-0.3, -0.25) is 19.0 Å². The van der Waals surface area contributed by atoms with Gasteiger partial charge in [-0.2, -0.15) is 0 Å². The average Bonchev–Trinajstić information content (AvgIpc) is 3.47. The summed E-state index contributed by atoms with van der Waals surface area (Å²) in [6.07, 6.45) is 4.23. The molecule has 0 spiro atoms. The van der Waals surface area contributed by atoms with E-state index in [-0.39, 0.29) is 29.0 Å². The molecule has 0 aliphatic heterocycles. The third-order valence-electron chi connectivity index (χ3n) is 7.08. The van der Waals surface area contributed by atoms with E-state index in [1.54, 1.807) is 54.1 Å². The third kappa shape index (κ3) is 6.23. The molecule has 1 amide bonds. The van der Waals surface area contributed by atoms with Gasteiger partial charge in [-0.1, -0.05) is 54.4 Å². The van der Waals surface area contributed by atoms with Gasteiger partial charge in [0, 0.05) is 17.2 Å². The number of fused-ring (bicyclic) bond motifs is 1. The van der Waals surface area contributed by atoms with Crippen LogP contribution in [0.15, 0.2) is 76.7 Å². The number of carbonyl (C=O) groups is 2. The zero-order valence-corrected chi connectivity index (χ0v) is 22.9. The molecule has 0 bridgehead atoms. The van der Waals surface area contributed by atoms with Crippen LogP contribution in [0, 0.1) is 6.92 Å². The van der Waals surface area contributed by atoms with Crippen LogP contribution in [-0.2, 0) is 6.54 Å². The van der Waals surface area contributed by atoms with Crippen LogP contribution >= 0.6 is 11.8 Å². The van der Waals surface area contributed by atoms with E-state index in [2.05, 4.69) is 5.32 Å². The number of rotatable bonds is 9. The van der Waals surface area contributed by atoms with E-state index in [4.69, 9.17) is 9.72 Å². The molecule has 3 aromatic carbocycles. The minimum absolute atomic E-state index is 0.0800. The van der Waals surface area contributed by atoms with Gasteiger partial charge in [0.1, 0.15) is 5.75 Å². The normalized spacial score (nSPS) is 13.5. The van der Waals surface area contributed by atoms with E-state index in [0.29, 0.717) is 39.5 Å². The zero-order valence-electron chi connectivity index (χ0n) is 22.1. The van der Waals surface area contributed by atoms with E-state index in [1.807, 2.05) is 31.2 Å². The molecule has 1 heterocycles. The number of aryl methyl sites for hydroxylation is 1. The van der Waals surface area contributed by atoms with Gasteiger partial charge in [-0.15, -0.1) is 0 Å². The summed E-state index contributed by atoms with van der Waals surface area (Å²) >= 11 is 1.22. The van der Waals surface area contributed by atoms with Crippen molar-refractivity contribution in [2.75, 3.05) is 12.9 Å². The fourth-order valence-corrected chi connectivity index (χ4v) is 5.69. The predicted octanol–water partition coefficient (Wildman–Crippen LogP) is 5.41. The Morgan fingerprint density at radius 1 is 1.00 bits per heavy atom. The van der Waals surface area contributed by atoms with Crippen LogP contribution < -0.4 is 15.6 Å². The number of amides is 1. The smallest absolute Gasteiger partial charge is 0.262 e. The summed E-state index contributed by atoms with van der Waals surface area (Å²) in [7, 11) is 1.58. The molecule has 5 rings (SSSR count). The predicted molar refractivity (Wildman–Crippen MR) is 154 cm³/mol. The van der Waals surface area contributed by atoms with Crippen molar-refractivity contribution in [2.24, 2.45) is 0 Å². The number of hydrogen-bond donors (Lipinski definition) is 1. The number of benzene rings is 3. The van der Waals surface area contributed by atoms with Crippen molar-refractivity contribution in [2.45, 2.75) is 50.4 Å². The Kier molecular flexibility index (Phi) is 8.12. The summed E-state index contributed by atoms with van der Waals surface area (Å²) in [6.45, 7) is 2.34. The van der Waals surface area contributed by atoms with Crippen molar-refractivity contribution >= 4 is 34.4 Å². The lowest BCUT2D eigenvalue weighted by atomic mass is 10.1. The molecule has 0 saturated heterocycles. The standard InChI is InChI=1S/C31H31N3O4S/c1-20-7-9-21(10-8-20)18-34-30(37)26-16-13-23(29(36)32-24-5-3-4-6-24)17-27(26)33-31(34)39-19-28(35)22-11-14-25(38-2)15-12-22/h7-17,24H,3-6,18-19H2,1-2H3,(H,32,36). The topological polar surface area (TPSA) is 90.3 Å². The van der Waals surface area contributed by atoms with Gasteiger partial charge in [-0.25, -0.2) is 4.98 Å². The lowest BCUT2D eigenvalue weighted by Crippen LogP contribution is -2.32. The van der Waals surface area contributed by atoms with E-state index >= 15 is 0 Å². The lowest BCUT2D eigenvalue weighted by Gasteiger charge is -2.15. The highest BCUT2D eigenvalue weighted by Gasteiger charge is 2.20. The summed E-state index contributed by atoms with van der Waals surface area (Å²) in [5, 5.41) is 3.96. The van der Waals surface area contributed by atoms with Crippen LogP contribution in [0.5, 0.6) is 5.75 Å². The molecular formula is C31H31N3O4S. The number of nitrogens with zero attached hydrogens (tertiary/aromatic N) is 2. The molecule has 0 radical (unpaired) electrons. The molecule has 1 N–H and O–H groups in total. The van der Waals surface area contributed by atoms with Crippen LogP contribution in [0.4, 0.5) is 0 Å². The number of nitrogens with one attached hydrogen (secondary N) is 1. The van der Waals surface area contributed by atoms with Gasteiger partial charge in [0.25, 0.3) is 11.5 Å². The Morgan fingerprint density at radius 3 is 2.38 bits per heavy atom. The molecule has 1 aromatic heterocycles. The number of carbonyl (C=O) groups excluding carboxylic acids is 2. The molecule has 7 nitrogen and oxygen atoms in total. The number of Topliss-reactive ketones (excluding diaryl/α,β-unsaturated/α-hetero) is 1. The van der Waals surface area contributed by atoms with E-state index in [1.165, 1.54) is 11.8 Å². The minimum atomic E-state index is -0.206. The third-order valence-corrected chi connectivity index (χ3v) is 8.05. The van der Waals surface area contributed by atoms with Crippen molar-refractivity contribution in [1.82, 2.24) is 14.9 Å². The number of methoxy groups -OCH3 is 1. The minimum Gasteiger partial charge on any atom is -0.497 e. The first-order valence-electron chi connectivity index (χ1n) is 13.1. The first-order chi connectivity index (χ1) is 18.9. The maximum absolute atomic E-state index is 13.7. The highest BCUT2D eigenvalue weighted by Crippen LogP contribution is 2.23. The Morgan fingerprint density at radius 2 is 1.69 bits per heavy atom. The lowest BCUT2D eigenvalue weighted by molar-refractivity contribution is 0.0937. The van der Waals surface area contributed by atoms with Crippen LogP contribution in [-0.4, -0.2) is 40.1 Å². The molecule has 1 aliphatic carbocycles. The Hall–Kier alpha value is -3.91. The van der Waals surface area contributed by atoms with E-state index < -0.39 is 0 Å².